The highest BCUT2D eigenvalue weighted by Gasteiger charge is 2.10. The molecule has 84 valence electrons. The van der Waals surface area contributed by atoms with Crippen LogP contribution in [0.5, 0.6) is 5.75 Å². The molecule has 0 aliphatic carbocycles. The molecule has 0 bridgehead atoms. The standard InChI is InChI=1S/C13H19FO/c1-4-10(5-2)11-7-8-13(15-6-3)12(14)9-11/h7-10H,4-6H2,1-3H3. The number of hydrogen-bond acceptors (Lipinski definition) is 1. The first-order valence-electron chi connectivity index (χ1n) is 5.65. The second kappa shape index (κ2) is 5.74. The summed E-state index contributed by atoms with van der Waals surface area (Å²) < 4.78 is 18.7. The molecule has 15 heavy (non-hydrogen) atoms. The van der Waals surface area contributed by atoms with Gasteiger partial charge in [0.2, 0.25) is 0 Å². The molecule has 0 atom stereocenters. The van der Waals surface area contributed by atoms with E-state index in [2.05, 4.69) is 13.8 Å². The van der Waals surface area contributed by atoms with Crippen LogP contribution in [0.2, 0.25) is 0 Å². The van der Waals surface area contributed by atoms with E-state index in [0.29, 0.717) is 18.3 Å². The largest absolute Gasteiger partial charge is 0.491 e. The summed E-state index contributed by atoms with van der Waals surface area (Å²) in [7, 11) is 0. The lowest BCUT2D eigenvalue weighted by atomic mass is 9.94. The number of halogens is 1. The number of rotatable bonds is 5. The van der Waals surface area contributed by atoms with Gasteiger partial charge in [-0.2, -0.15) is 0 Å². The molecule has 0 spiro atoms. The van der Waals surface area contributed by atoms with Gasteiger partial charge in [-0.15, -0.1) is 0 Å². The minimum atomic E-state index is -0.249. The fourth-order valence-electron chi connectivity index (χ4n) is 1.80. The van der Waals surface area contributed by atoms with Gasteiger partial charge >= 0.3 is 0 Å². The van der Waals surface area contributed by atoms with Gasteiger partial charge in [0.05, 0.1) is 6.61 Å². The maximum atomic E-state index is 13.5. The van der Waals surface area contributed by atoms with Gasteiger partial charge < -0.3 is 4.74 Å². The van der Waals surface area contributed by atoms with Crippen LogP contribution in [0.15, 0.2) is 18.2 Å². The Labute approximate surface area is 91.3 Å². The maximum absolute atomic E-state index is 13.5. The van der Waals surface area contributed by atoms with Crippen molar-refractivity contribution in [3.05, 3.63) is 29.6 Å². The summed E-state index contributed by atoms with van der Waals surface area (Å²) in [5.74, 6) is 0.559. The Kier molecular flexibility index (Phi) is 4.60. The van der Waals surface area contributed by atoms with Crippen LogP contribution in [0.4, 0.5) is 4.39 Å². The molecule has 0 aliphatic heterocycles. The van der Waals surface area contributed by atoms with E-state index in [4.69, 9.17) is 4.74 Å². The van der Waals surface area contributed by atoms with Crippen molar-refractivity contribution >= 4 is 0 Å². The highest BCUT2D eigenvalue weighted by Crippen LogP contribution is 2.27. The van der Waals surface area contributed by atoms with Gasteiger partial charge in [-0.1, -0.05) is 19.9 Å². The second-order valence-corrected chi connectivity index (χ2v) is 3.64. The van der Waals surface area contributed by atoms with Crippen molar-refractivity contribution in [3.63, 3.8) is 0 Å². The molecule has 0 radical (unpaired) electrons. The van der Waals surface area contributed by atoms with E-state index in [-0.39, 0.29) is 5.82 Å². The van der Waals surface area contributed by atoms with Gasteiger partial charge in [0.15, 0.2) is 11.6 Å². The van der Waals surface area contributed by atoms with Crippen molar-refractivity contribution in [2.45, 2.75) is 39.5 Å². The second-order valence-electron chi connectivity index (χ2n) is 3.64. The van der Waals surface area contributed by atoms with Crippen LogP contribution in [-0.4, -0.2) is 6.61 Å². The summed E-state index contributed by atoms with van der Waals surface area (Å²) in [6, 6.07) is 5.29. The third kappa shape index (κ3) is 2.95. The normalized spacial score (nSPS) is 10.7. The molecule has 0 unspecified atom stereocenters. The van der Waals surface area contributed by atoms with Crippen LogP contribution >= 0.6 is 0 Å². The third-order valence-corrected chi connectivity index (χ3v) is 2.71. The summed E-state index contributed by atoms with van der Waals surface area (Å²) in [6.45, 7) is 6.61. The van der Waals surface area contributed by atoms with Gasteiger partial charge in [0, 0.05) is 0 Å². The molecule has 1 nitrogen and oxygen atoms in total. The summed E-state index contributed by atoms with van der Waals surface area (Å²) in [5.41, 5.74) is 1.07. The summed E-state index contributed by atoms with van der Waals surface area (Å²) in [5, 5.41) is 0. The molecule has 1 rings (SSSR count). The maximum Gasteiger partial charge on any atom is 0.165 e. The summed E-state index contributed by atoms with van der Waals surface area (Å²) >= 11 is 0. The fourth-order valence-corrected chi connectivity index (χ4v) is 1.80. The lowest BCUT2D eigenvalue weighted by Gasteiger charge is -2.14. The van der Waals surface area contributed by atoms with E-state index in [0.717, 1.165) is 18.4 Å². The molecule has 1 aromatic carbocycles. The molecular weight excluding hydrogens is 191 g/mol. The zero-order valence-electron chi connectivity index (χ0n) is 9.72. The van der Waals surface area contributed by atoms with Crippen LogP contribution in [0.3, 0.4) is 0 Å². The van der Waals surface area contributed by atoms with Crippen LogP contribution in [0, 0.1) is 5.82 Å². The predicted molar refractivity (Wildman–Crippen MR) is 60.9 cm³/mol. The Morgan fingerprint density at radius 1 is 1.20 bits per heavy atom. The molecule has 0 saturated heterocycles. The Morgan fingerprint density at radius 3 is 2.33 bits per heavy atom. The zero-order chi connectivity index (χ0) is 11.3. The van der Waals surface area contributed by atoms with Crippen LogP contribution < -0.4 is 4.74 Å². The highest BCUT2D eigenvalue weighted by molar-refractivity contribution is 5.31. The minimum absolute atomic E-state index is 0.249. The van der Waals surface area contributed by atoms with Crippen molar-refractivity contribution in [1.29, 1.82) is 0 Å². The first-order valence-corrected chi connectivity index (χ1v) is 5.65. The molecule has 0 N–H and O–H groups in total. The quantitative estimate of drug-likeness (QED) is 0.710. The number of hydrogen-bond donors (Lipinski definition) is 0. The fraction of sp³-hybridized carbons (Fsp3) is 0.538. The molecule has 0 aromatic heterocycles. The SMILES string of the molecule is CCOc1ccc(C(CC)CC)cc1F. The van der Waals surface area contributed by atoms with E-state index in [9.17, 15) is 4.39 Å². The number of ether oxygens (including phenoxy) is 1. The molecule has 0 saturated carbocycles. The van der Waals surface area contributed by atoms with Crippen molar-refractivity contribution < 1.29 is 9.13 Å². The minimum Gasteiger partial charge on any atom is -0.491 e. The summed E-state index contributed by atoms with van der Waals surface area (Å²) in [4.78, 5) is 0. The van der Waals surface area contributed by atoms with E-state index in [1.165, 1.54) is 0 Å². The molecule has 2 heteroatoms. The van der Waals surface area contributed by atoms with Crippen molar-refractivity contribution in [2.24, 2.45) is 0 Å². The van der Waals surface area contributed by atoms with Crippen LogP contribution in [0.25, 0.3) is 0 Å². The smallest absolute Gasteiger partial charge is 0.165 e. The molecular formula is C13H19FO. The first kappa shape index (κ1) is 12.0. The average Bonchev–Trinajstić information content (AvgIpc) is 2.24. The lowest BCUT2D eigenvalue weighted by molar-refractivity contribution is 0.321. The predicted octanol–water partition coefficient (Wildman–Crippen LogP) is 4.13. The third-order valence-electron chi connectivity index (χ3n) is 2.71. The highest BCUT2D eigenvalue weighted by atomic mass is 19.1. The van der Waals surface area contributed by atoms with Crippen molar-refractivity contribution in [1.82, 2.24) is 0 Å². The molecule has 0 amide bonds. The average molecular weight is 210 g/mol. The summed E-state index contributed by atoms with van der Waals surface area (Å²) in [6.07, 6.45) is 2.09. The van der Waals surface area contributed by atoms with Gasteiger partial charge in [0.1, 0.15) is 0 Å². The molecule has 0 fully saturated rings. The molecule has 0 aliphatic rings. The topological polar surface area (TPSA) is 9.23 Å². The Morgan fingerprint density at radius 2 is 1.87 bits per heavy atom. The van der Waals surface area contributed by atoms with Gasteiger partial charge in [-0.05, 0) is 43.4 Å². The van der Waals surface area contributed by atoms with E-state index >= 15 is 0 Å². The Hall–Kier alpha value is -1.05. The monoisotopic (exact) mass is 210 g/mol. The van der Waals surface area contributed by atoms with E-state index in [1.807, 2.05) is 13.0 Å². The van der Waals surface area contributed by atoms with Gasteiger partial charge in [-0.25, -0.2) is 4.39 Å². The molecule has 0 heterocycles. The van der Waals surface area contributed by atoms with E-state index in [1.54, 1.807) is 12.1 Å². The Balaban J connectivity index is 2.89. The zero-order valence-corrected chi connectivity index (χ0v) is 9.72. The van der Waals surface area contributed by atoms with Crippen molar-refractivity contribution in [3.8, 4) is 5.75 Å². The molecule has 1 aromatic rings. The van der Waals surface area contributed by atoms with Crippen LogP contribution in [0.1, 0.15) is 45.1 Å². The van der Waals surface area contributed by atoms with Crippen LogP contribution in [-0.2, 0) is 0 Å². The Bertz CT molecular complexity index is 305. The van der Waals surface area contributed by atoms with E-state index < -0.39 is 0 Å². The van der Waals surface area contributed by atoms with Crippen molar-refractivity contribution in [2.75, 3.05) is 6.61 Å². The number of benzene rings is 1. The lowest BCUT2D eigenvalue weighted by Crippen LogP contribution is -1.99. The first-order chi connectivity index (χ1) is 7.22. The van der Waals surface area contributed by atoms with Gasteiger partial charge in [-0.3, -0.25) is 0 Å². The van der Waals surface area contributed by atoms with Gasteiger partial charge in [0.25, 0.3) is 0 Å².